The van der Waals surface area contributed by atoms with Gasteiger partial charge in [-0.05, 0) is 110 Å². The number of hydrogen-bond donors (Lipinski definition) is 0. The largest absolute Gasteiger partial charge is 0.300 e. The summed E-state index contributed by atoms with van der Waals surface area (Å²) in [6.45, 7) is 8.84. The van der Waals surface area contributed by atoms with Gasteiger partial charge in [-0.25, -0.2) is 0 Å². The molecule has 2 aromatic carbocycles. The van der Waals surface area contributed by atoms with E-state index in [1.165, 1.54) is 59.1 Å². The second-order valence-electron chi connectivity index (χ2n) is 9.41. The number of ketones is 1. The molecular weight excluding hydrogens is 340 g/mol. The second-order valence-corrected chi connectivity index (χ2v) is 9.41. The Labute approximate surface area is 170 Å². The molecule has 1 nitrogen and oxygen atoms in total. The first-order valence-corrected chi connectivity index (χ1v) is 11.1. The first-order chi connectivity index (χ1) is 13.5. The molecule has 2 saturated carbocycles. The van der Waals surface area contributed by atoms with Crippen LogP contribution in [0.4, 0.5) is 0 Å². The molecule has 0 aromatic heterocycles. The van der Waals surface area contributed by atoms with E-state index in [2.05, 4.69) is 64.1 Å². The normalized spacial score (nSPS) is 18.7. The lowest BCUT2D eigenvalue weighted by Gasteiger charge is -2.23. The highest BCUT2D eigenvalue weighted by Gasteiger charge is 2.38. The van der Waals surface area contributed by atoms with Gasteiger partial charge in [-0.3, -0.25) is 4.79 Å². The lowest BCUT2D eigenvalue weighted by Crippen LogP contribution is -2.15. The summed E-state index contributed by atoms with van der Waals surface area (Å²) in [5.74, 6) is 2.74. The Kier molecular flexibility index (Phi) is 5.45. The summed E-state index contributed by atoms with van der Waals surface area (Å²) in [5, 5.41) is 0. The average Bonchev–Trinajstić information content (AvgIpc) is 3.56. The second kappa shape index (κ2) is 7.85. The monoisotopic (exact) mass is 374 g/mol. The van der Waals surface area contributed by atoms with Crippen LogP contribution in [0.1, 0.15) is 83.7 Å². The van der Waals surface area contributed by atoms with Crippen LogP contribution >= 0.6 is 0 Å². The molecule has 2 fully saturated rings. The molecular formula is C27H34O. The van der Waals surface area contributed by atoms with Crippen molar-refractivity contribution in [1.82, 2.24) is 0 Å². The van der Waals surface area contributed by atoms with Gasteiger partial charge in [0.25, 0.3) is 0 Å². The molecule has 0 unspecified atom stereocenters. The fraction of sp³-hybridized carbons (Fsp3) is 0.519. The van der Waals surface area contributed by atoms with Crippen LogP contribution < -0.4 is 0 Å². The molecule has 0 spiro atoms. The topological polar surface area (TPSA) is 17.1 Å². The molecule has 148 valence electrons. The highest BCUT2D eigenvalue weighted by Crippen LogP contribution is 2.48. The van der Waals surface area contributed by atoms with Crippen molar-refractivity contribution in [2.45, 2.75) is 78.1 Å². The van der Waals surface area contributed by atoms with Gasteiger partial charge in [0.1, 0.15) is 5.78 Å². The first-order valence-electron chi connectivity index (χ1n) is 11.1. The highest BCUT2D eigenvalue weighted by atomic mass is 16.1. The van der Waals surface area contributed by atoms with Gasteiger partial charge in [0.15, 0.2) is 0 Å². The molecule has 4 rings (SSSR count). The smallest absolute Gasteiger partial charge is 0.134 e. The predicted molar refractivity (Wildman–Crippen MR) is 117 cm³/mol. The average molecular weight is 375 g/mol. The fourth-order valence-corrected chi connectivity index (χ4v) is 4.98. The number of aryl methyl sites for hydroxylation is 2. The van der Waals surface area contributed by atoms with Crippen LogP contribution in [0, 0.1) is 39.5 Å². The van der Waals surface area contributed by atoms with E-state index in [9.17, 15) is 4.79 Å². The molecule has 2 aliphatic rings. The molecule has 0 amide bonds. The van der Waals surface area contributed by atoms with Gasteiger partial charge >= 0.3 is 0 Å². The Morgan fingerprint density at radius 3 is 1.50 bits per heavy atom. The zero-order valence-electron chi connectivity index (χ0n) is 17.9. The van der Waals surface area contributed by atoms with E-state index in [0.29, 0.717) is 29.5 Å². The zero-order chi connectivity index (χ0) is 19.8. The van der Waals surface area contributed by atoms with E-state index in [1.54, 1.807) is 0 Å². The van der Waals surface area contributed by atoms with Crippen molar-refractivity contribution in [2.24, 2.45) is 11.8 Å². The lowest BCUT2D eigenvalue weighted by molar-refractivity contribution is -0.120. The summed E-state index contributed by atoms with van der Waals surface area (Å²) in [7, 11) is 0. The van der Waals surface area contributed by atoms with Crippen molar-refractivity contribution >= 4 is 5.78 Å². The van der Waals surface area contributed by atoms with Gasteiger partial charge in [0, 0.05) is 12.8 Å². The highest BCUT2D eigenvalue weighted by molar-refractivity contribution is 5.80. The summed E-state index contributed by atoms with van der Waals surface area (Å²) in [4.78, 5) is 13.3. The Morgan fingerprint density at radius 1 is 0.750 bits per heavy atom. The molecule has 0 aliphatic heterocycles. The van der Waals surface area contributed by atoms with Crippen LogP contribution in [0.25, 0.3) is 0 Å². The third-order valence-electron chi connectivity index (χ3n) is 7.37. The van der Waals surface area contributed by atoms with E-state index in [1.807, 2.05) is 0 Å². The van der Waals surface area contributed by atoms with Crippen LogP contribution in [0.3, 0.4) is 0 Å². The number of carbonyl (C=O) groups excluding carboxylic acids is 1. The molecule has 0 bridgehead atoms. The predicted octanol–water partition coefficient (Wildman–Crippen LogP) is 6.96. The number of Topliss-reactive ketones (excluding diaryl/α,β-unsaturated/α-hetero) is 1. The van der Waals surface area contributed by atoms with Crippen molar-refractivity contribution < 1.29 is 4.79 Å². The van der Waals surface area contributed by atoms with Crippen molar-refractivity contribution in [1.29, 1.82) is 0 Å². The molecule has 2 atom stereocenters. The zero-order valence-corrected chi connectivity index (χ0v) is 17.9. The molecule has 28 heavy (non-hydrogen) atoms. The van der Waals surface area contributed by atoms with E-state index in [0.717, 1.165) is 12.8 Å². The number of rotatable bonds is 8. The molecule has 1 heteroatoms. The maximum atomic E-state index is 13.3. The maximum Gasteiger partial charge on any atom is 0.134 e. The van der Waals surface area contributed by atoms with Crippen LogP contribution in [0.15, 0.2) is 36.4 Å². The van der Waals surface area contributed by atoms with Crippen molar-refractivity contribution in [3.8, 4) is 0 Å². The third-order valence-corrected chi connectivity index (χ3v) is 7.37. The molecule has 2 aliphatic carbocycles. The summed E-state index contributed by atoms with van der Waals surface area (Å²) in [5.41, 5.74) is 8.32. The summed E-state index contributed by atoms with van der Waals surface area (Å²) >= 11 is 0. The molecule has 2 aromatic rings. The first kappa shape index (κ1) is 19.4. The van der Waals surface area contributed by atoms with Crippen LogP contribution in [-0.4, -0.2) is 5.78 Å². The number of hydrogen-bond acceptors (Lipinski definition) is 1. The summed E-state index contributed by atoms with van der Waals surface area (Å²) < 4.78 is 0. The van der Waals surface area contributed by atoms with E-state index in [4.69, 9.17) is 0 Å². The standard InChI is InChI=1S/C27H34O/c1-17-7-5-9-24(19(17)3)26(21-11-12-21)15-23(28)16-27(22-13-14-22)25-10-6-8-18(2)20(25)4/h5-10,21-22,26-27H,11-16H2,1-4H3/t26-,27+. The van der Waals surface area contributed by atoms with Gasteiger partial charge in [-0.2, -0.15) is 0 Å². The Hall–Kier alpha value is -1.89. The van der Waals surface area contributed by atoms with Gasteiger partial charge in [-0.15, -0.1) is 0 Å². The molecule has 0 saturated heterocycles. The fourth-order valence-electron chi connectivity index (χ4n) is 4.98. The minimum absolute atomic E-state index is 0.422. The van der Waals surface area contributed by atoms with Crippen molar-refractivity contribution in [3.05, 3.63) is 69.8 Å². The van der Waals surface area contributed by atoms with Gasteiger partial charge in [0.2, 0.25) is 0 Å². The Morgan fingerprint density at radius 2 is 1.14 bits per heavy atom. The quantitative estimate of drug-likeness (QED) is 0.488. The van der Waals surface area contributed by atoms with E-state index >= 15 is 0 Å². The van der Waals surface area contributed by atoms with E-state index in [-0.39, 0.29) is 0 Å². The minimum Gasteiger partial charge on any atom is -0.300 e. The molecule has 0 N–H and O–H groups in total. The lowest BCUT2D eigenvalue weighted by atomic mass is 9.81. The van der Waals surface area contributed by atoms with Crippen LogP contribution in [0.2, 0.25) is 0 Å². The minimum atomic E-state index is 0.422. The number of benzene rings is 2. The third kappa shape index (κ3) is 4.09. The Balaban J connectivity index is 1.53. The molecule has 0 radical (unpaired) electrons. The Bertz CT molecular complexity index is 798. The van der Waals surface area contributed by atoms with Gasteiger partial charge in [0.05, 0.1) is 0 Å². The summed E-state index contributed by atoms with van der Waals surface area (Å²) in [6.07, 6.45) is 6.59. The van der Waals surface area contributed by atoms with Crippen LogP contribution in [-0.2, 0) is 4.79 Å². The SMILES string of the molecule is Cc1cccc([C@@H](CC(=O)C[C@@H](c2cccc(C)c2C)C2CC2)C2CC2)c1C. The van der Waals surface area contributed by atoms with Crippen LogP contribution in [0.5, 0.6) is 0 Å². The van der Waals surface area contributed by atoms with Gasteiger partial charge < -0.3 is 0 Å². The number of carbonyl (C=O) groups is 1. The molecule has 0 heterocycles. The van der Waals surface area contributed by atoms with Crippen molar-refractivity contribution in [2.75, 3.05) is 0 Å². The van der Waals surface area contributed by atoms with Gasteiger partial charge in [-0.1, -0.05) is 36.4 Å². The van der Waals surface area contributed by atoms with E-state index < -0.39 is 0 Å². The van der Waals surface area contributed by atoms with Crippen molar-refractivity contribution in [3.63, 3.8) is 0 Å². The summed E-state index contributed by atoms with van der Waals surface area (Å²) in [6, 6.07) is 13.2. The maximum absolute atomic E-state index is 13.3.